The highest BCUT2D eigenvalue weighted by molar-refractivity contribution is 5.86. The van der Waals surface area contributed by atoms with E-state index < -0.39 is 0 Å². The van der Waals surface area contributed by atoms with E-state index in [1.165, 1.54) is 0 Å². The Balaban J connectivity index is 2.54. The molecule has 1 heterocycles. The van der Waals surface area contributed by atoms with Crippen LogP contribution in [0, 0.1) is 11.8 Å². The van der Waals surface area contributed by atoms with Crippen LogP contribution in [-0.2, 0) is 4.79 Å². The second-order valence-electron chi connectivity index (χ2n) is 3.97. The first-order valence-electron chi connectivity index (χ1n) is 5.68. The van der Waals surface area contributed by atoms with Gasteiger partial charge in [0, 0.05) is 0 Å². The number of carbonyl (C=O) groups excluding carboxylic acids is 1. The third kappa shape index (κ3) is 2.97. The Labute approximate surface area is 92.0 Å². The maximum Gasteiger partial charge on any atom is 0.241 e. The molecule has 1 unspecified atom stereocenters. The maximum atomic E-state index is 12.0. The lowest BCUT2D eigenvalue weighted by atomic mass is 9.91. The normalized spacial score (nSPS) is 24.4. The van der Waals surface area contributed by atoms with Crippen LogP contribution in [-0.4, -0.2) is 24.5 Å². The van der Waals surface area contributed by atoms with Crippen LogP contribution in [0.25, 0.3) is 0 Å². The van der Waals surface area contributed by atoms with Crippen LogP contribution in [0.4, 0.5) is 0 Å². The Morgan fingerprint density at radius 1 is 1.60 bits per heavy atom. The van der Waals surface area contributed by atoms with Crippen molar-refractivity contribution < 1.29 is 4.79 Å². The van der Waals surface area contributed by atoms with Gasteiger partial charge in [-0.25, -0.2) is 0 Å². The van der Waals surface area contributed by atoms with Crippen molar-refractivity contribution in [2.75, 3.05) is 13.1 Å². The van der Waals surface area contributed by atoms with E-state index in [1.807, 2.05) is 0 Å². The van der Waals surface area contributed by atoms with Crippen LogP contribution in [0.1, 0.15) is 39.5 Å². The number of hydrogen-bond acceptors (Lipinski definition) is 2. The van der Waals surface area contributed by atoms with Crippen LogP contribution >= 0.6 is 0 Å². The zero-order chi connectivity index (χ0) is 11.1. The van der Waals surface area contributed by atoms with Gasteiger partial charge in [0.05, 0.1) is 12.1 Å². The molecule has 2 N–H and O–H groups in total. The van der Waals surface area contributed by atoms with Crippen LogP contribution in [0.5, 0.6) is 0 Å². The molecule has 0 aromatic heterocycles. The van der Waals surface area contributed by atoms with Crippen LogP contribution in [0.15, 0.2) is 0 Å². The third-order valence-electron chi connectivity index (χ3n) is 2.87. The molecule has 1 amide bonds. The highest BCUT2D eigenvalue weighted by Crippen LogP contribution is 2.24. The van der Waals surface area contributed by atoms with Crippen molar-refractivity contribution in [3.63, 3.8) is 0 Å². The fourth-order valence-corrected chi connectivity index (χ4v) is 2.14. The molecule has 0 aliphatic carbocycles. The largest absolute Gasteiger partial charge is 0.344 e. The SMILES string of the molecule is CC#CCNC(=O)C1(CCC)CCCN1. The predicted octanol–water partition coefficient (Wildman–Crippen LogP) is 1.05. The maximum absolute atomic E-state index is 12.0. The molecule has 1 saturated heterocycles. The molecular weight excluding hydrogens is 188 g/mol. The Morgan fingerprint density at radius 2 is 2.40 bits per heavy atom. The second kappa shape index (κ2) is 5.77. The van der Waals surface area contributed by atoms with Gasteiger partial charge in [-0.1, -0.05) is 19.3 Å². The molecule has 1 fully saturated rings. The molecule has 0 aromatic carbocycles. The fourth-order valence-electron chi connectivity index (χ4n) is 2.14. The Hall–Kier alpha value is -1.01. The molecule has 0 aromatic rings. The first-order valence-corrected chi connectivity index (χ1v) is 5.68. The monoisotopic (exact) mass is 208 g/mol. The van der Waals surface area contributed by atoms with Gasteiger partial charge in [0.1, 0.15) is 0 Å². The van der Waals surface area contributed by atoms with E-state index in [0.29, 0.717) is 6.54 Å². The Bertz CT molecular complexity index is 269. The molecule has 0 bridgehead atoms. The van der Waals surface area contributed by atoms with Crippen molar-refractivity contribution in [2.24, 2.45) is 0 Å². The van der Waals surface area contributed by atoms with Crippen molar-refractivity contribution >= 4 is 5.91 Å². The van der Waals surface area contributed by atoms with E-state index in [-0.39, 0.29) is 11.4 Å². The molecule has 1 rings (SSSR count). The topological polar surface area (TPSA) is 41.1 Å². The van der Waals surface area contributed by atoms with Gasteiger partial charge in [-0.15, -0.1) is 5.92 Å². The van der Waals surface area contributed by atoms with E-state index in [4.69, 9.17) is 0 Å². The standard InChI is InChI=1S/C12H20N2O/c1-3-5-9-13-11(15)12(7-4-2)8-6-10-14-12/h14H,4,6-10H2,1-2H3,(H,13,15). The minimum Gasteiger partial charge on any atom is -0.344 e. The highest BCUT2D eigenvalue weighted by Gasteiger charge is 2.39. The van der Waals surface area contributed by atoms with Crippen molar-refractivity contribution in [1.82, 2.24) is 10.6 Å². The molecule has 1 aliphatic heterocycles. The van der Waals surface area contributed by atoms with Crippen LogP contribution < -0.4 is 10.6 Å². The molecule has 3 heteroatoms. The van der Waals surface area contributed by atoms with E-state index in [1.54, 1.807) is 6.92 Å². The summed E-state index contributed by atoms with van der Waals surface area (Å²) >= 11 is 0. The molecule has 0 radical (unpaired) electrons. The zero-order valence-corrected chi connectivity index (χ0v) is 9.65. The first kappa shape index (κ1) is 12.1. The minimum absolute atomic E-state index is 0.115. The molecule has 1 atom stereocenters. The van der Waals surface area contributed by atoms with Gasteiger partial charge < -0.3 is 10.6 Å². The average molecular weight is 208 g/mol. The molecule has 84 valence electrons. The van der Waals surface area contributed by atoms with E-state index in [9.17, 15) is 4.79 Å². The Kier molecular flexibility index (Phi) is 4.64. The van der Waals surface area contributed by atoms with Gasteiger partial charge in [-0.2, -0.15) is 0 Å². The summed E-state index contributed by atoms with van der Waals surface area (Å²) in [5.74, 6) is 5.74. The highest BCUT2D eigenvalue weighted by atomic mass is 16.2. The first-order chi connectivity index (χ1) is 7.25. The lowest BCUT2D eigenvalue weighted by molar-refractivity contribution is -0.127. The number of hydrogen-bond donors (Lipinski definition) is 2. The number of amides is 1. The predicted molar refractivity (Wildman–Crippen MR) is 61.3 cm³/mol. The lowest BCUT2D eigenvalue weighted by Crippen LogP contribution is -2.53. The smallest absolute Gasteiger partial charge is 0.241 e. The van der Waals surface area contributed by atoms with E-state index in [2.05, 4.69) is 29.4 Å². The summed E-state index contributed by atoms with van der Waals surface area (Å²) in [6.07, 6.45) is 3.98. The van der Waals surface area contributed by atoms with Crippen molar-refractivity contribution in [2.45, 2.75) is 45.1 Å². The molecule has 15 heavy (non-hydrogen) atoms. The van der Waals surface area contributed by atoms with Gasteiger partial charge in [0.15, 0.2) is 0 Å². The average Bonchev–Trinajstić information content (AvgIpc) is 2.68. The summed E-state index contributed by atoms with van der Waals surface area (Å²) in [6, 6.07) is 0. The summed E-state index contributed by atoms with van der Waals surface area (Å²) in [5, 5.41) is 6.21. The summed E-state index contributed by atoms with van der Waals surface area (Å²) in [5.41, 5.74) is -0.315. The second-order valence-corrected chi connectivity index (χ2v) is 3.97. The number of rotatable bonds is 4. The quantitative estimate of drug-likeness (QED) is 0.678. The van der Waals surface area contributed by atoms with Crippen LogP contribution in [0.2, 0.25) is 0 Å². The van der Waals surface area contributed by atoms with Gasteiger partial charge in [0.2, 0.25) is 5.91 Å². The van der Waals surface area contributed by atoms with Crippen molar-refractivity contribution in [3.05, 3.63) is 0 Å². The van der Waals surface area contributed by atoms with Gasteiger partial charge in [-0.05, 0) is 32.7 Å². The Morgan fingerprint density at radius 3 is 2.93 bits per heavy atom. The van der Waals surface area contributed by atoms with Crippen LogP contribution in [0.3, 0.4) is 0 Å². The summed E-state index contributed by atoms with van der Waals surface area (Å²) in [6.45, 7) is 5.30. The van der Waals surface area contributed by atoms with Crippen molar-refractivity contribution in [3.8, 4) is 11.8 Å². The van der Waals surface area contributed by atoms with Crippen molar-refractivity contribution in [1.29, 1.82) is 0 Å². The van der Waals surface area contributed by atoms with E-state index in [0.717, 1.165) is 32.2 Å². The molecule has 0 spiro atoms. The summed E-state index contributed by atoms with van der Waals surface area (Å²) < 4.78 is 0. The van der Waals surface area contributed by atoms with E-state index >= 15 is 0 Å². The molecule has 1 aliphatic rings. The molecular formula is C12H20N2O. The zero-order valence-electron chi connectivity index (χ0n) is 9.65. The fraction of sp³-hybridized carbons (Fsp3) is 0.750. The summed E-state index contributed by atoms with van der Waals surface area (Å²) in [7, 11) is 0. The summed E-state index contributed by atoms with van der Waals surface area (Å²) in [4.78, 5) is 12.0. The van der Waals surface area contributed by atoms with Gasteiger partial charge in [-0.3, -0.25) is 4.79 Å². The molecule has 0 saturated carbocycles. The van der Waals surface area contributed by atoms with Gasteiger partial charge in [0.25, 0.3) is 0 Å². The number of nitrogens with one attached hydrogen (secondary N) is 2. The molecule has 3 nitrogen and oxygen atoms in total. The van der Waals surface area contributed by atoms with Gasteiger partial charge >= 0.3 is 0 Å². The lowest BCUT2D eigenvalue weighted by Gasteiger charge is -2.27. The third-order valence-corrected chi connectivity index (χ3v) is 2.87. The minimum atomic E-state index is -0.315. The number of carbonyl (C=O) groups is 1.